The first-order valence-electron chi connectivity index (χ1n) is 49.5. The summed E-state index contributed by atoms with van der Waals surface area (Å²) in [5.74, 6) is 0.117. The fraction of sp³-hybridized carbons (Fsp3) is 0.328. The van der Waals surface area contributed by atoms with Crippen LogP contribution in [-0.4, -0.2) is 168 Å². The number of phenols is 1. The molecule has 3 N–H and O–H groups in total. The van der Waals surface area contributed by atoms with Crippen molar-refractivity contribution < 1.29 is 71.1 Å². The van der Waals surface area contributed by atoms with E-state index in [-0.39, 0.29) is 86.3 Å². The van der Waals surface area contributed by atoms with E-state index in [1.807, 2.05) is 97.8 Å². The highest BCUT2D eigenvalue weighted by Gasteiger charge is 2.50. The number of carbonyl (C=O) groups is 6. The molecule has 27 nitrogen and oxygen atoms in total. The van der Waals surface area contributed by atoms with Crippen molar-refractivity contribution in [3.63, 3.8) is 0 Å². The van der Waals surface area contributed by atoms with Gasteiger partial charge >= 0.3 is 0 Å². The first-order chi connectivity index (χ1) is 70.0. The van der Waals surface area contributed by atoms with Crippen LogP contribution in [0.25, 0.3) is 11.1 Å². The SMILES string of the molecule is Cc1cnc(C(=O)N2CCC3(CC2)OCc2ccccc23)cn1.Cc1nc2ccc(C(=O)N3CCC4(CC3)OCc3ccccc34)cc2o1.N#Cc1ccc(C(=O)N2CCC3(CC2)OCc2ccccc23)cc1.N#Cc1ccc(C(=O)N2CCC3(CC2)OCc2ccccc23)cn1.Nc1ccc(C(=O)N2CCC3(CC2)OCc2ccccc23)cc1O.O=C(c1ccc(F)cc1)N1CCC2(CC1)OCc1ccccc12. The number of aromatic nitrogens is 4. The van der Waals surface area contributed by atoms with Gasteiger partial charge in [0.2, 0.25) is 0 Å². The van der Waals surface area contributed by atoms with Crippen LogP contribution in [0.2, 0.25) is 0 Å². The molecule has 144 heavy (non-hydrogen) atoms. The number of hydrogen-bond acceptors (Lipinski definition) is 21. The van der Waals surface area contributed by atoms with Gasteiger partial charge in [0.05, 0.1) is 108 Å². The Morgan fingerprint density at radius 1 is 0.340 bits per heavy atom. The summed E-state index contributed by atoms with van der Waals surface area (Å²) in [5.41, 5.74) is 26.1. The van der Waals surface area contributed by atoms with Crippen molar-refractivity contribution in [2.75, 3.05) is 84.3 Å². The Morgan fingerprint density at radius 3 is 0.965 bits per heavy atom. The summed E-state index contributed by atoms with van der Waals surface area (Å²) in [6.07, 6.45) is 14.4. The Kier molecular flexibility index (Phi) is 27.6. The van der Waals surface area contributed by atoms with Crippen LogP contribution in [0.1, 0.15) is 229 Å². The lowest BCUT2D eigenvalue weighted by molar-refractivity contribution is -0.0744. The number of aromatic hydroxyl groups is 1. The number of hydrogen-bond donors (Lipinski definition) is 2. The second kappa shape index (κ2) is 41.1. The zero-order valence-corrected chi connectivity index (χ0v) is 80.6. The second-order valence-corrected chi connectivity index (χ2v) is 38.9. The Labute approximate surface area is 834 Å². The van der Waals surface area contributed by atoms with Gasteiger partial charge in [0, 0.05) is 120 Å². The number of likely N-dealkylation sites (tertiary alicyclic amines) is 6. The summed E-state index contributed by atoms with van der Waals surface area (Å²) < 4.78 is 55.4. The molecule has 0 atom stereocenters. The van der Waals surface area contributed by atoms with Crippen LogP contribution < -0.4 is 5.73 Å². The van der Waals surface area contributed by atoms with Crippen molar-refractivity contribution in [3.05, 3.63) is 390 Å². The van der Waals surface area contributed by atoms with Crippen molar-refractivity contribution in [2.24, 2.45) is 0 Å². The molecule has 25 rings (SSSR count). The lowest BCUT2D eigenvalue weighted by atomic mass is 9.83. The Hall–Kier alpha value is -15.0. The number of nitrogens with two attached hydrogens (primary N) is 1. The fourth-order valence-corrected chi connectivity index (χ4v) is 22.5. The molecule has 0 bridgehead atoms. The molecule has 0 aliphatic carbocycles. The van der Waals surface area contributed by atoms with Crippen molar-refractivity contribution >= 4 is 52.2 Å². The van der Waals surface area contributed by atoms with Gasteiger partial charge in [-0.15, -0.1) is 0 Å². The Balaban J connectivity index is 0.000000105. The molecular weight excluding hydrogens is 1820 g/mol. The van der Waals surface area contributed by atoms with Gasteiger partial charge in [-0.05, 0) is 248 Å². The third-order valence-electron chi connectivity index (χ3n) is 30.7. The maximum atomic E-state index is 13.0. The van der Waals surface area contributed by atoms with Crippen molar-refractivity contribution in [1.29, 1.82) is 10.5 Å². The van der Waals surface area contributed by atoms with E-state index in [4.69, 9.17) is 49.1 Å². The van der Waals surface area contributed by atoms with Gasteiger partial charge in [0.15, 0.2) is 11.5 Å². The molecule has 13 aromatic rings. The zero-order valence-electron chi connectivity index (χ0n) is 80.6. The minimum absolute atomic E-state index is 0.0284. The minimum atomic E-state index is -0.324. The molecule has 0 saturated carbocycles. The second-order valence-electron chi connectivity index (χ2n) is 38.9. The summed E-state index contributed by atoms with van der Waals surface area (Å²) in [5, 5.41) is 27.4. The number of fused-ring (bicyclic) bond motifs is 13. The van der Waals surface area contributed by atoms with Crippen LogP contribution in [-0.2, 0) is 102 Å². The van der Waals surface area contributed by atoms with Crippen LogP contribution in [0, 0.1) is 42.3 Å². The summed E-state index contributed by atoms with van der Waals surface area (Å²) in [4.78, 5) is 104. The van der Waals surface area contributed by atoms with Crippen LogP contribution in [0.4, 0.5) is 10.1 Å². The van der Waals surface area contributed by atoms with E-state index in [0.29, 0.717) is 174 Å². The number of carbonyl (C=O) groups excluding carboxylic acids is 6. The fourth-order valence-electron chi connectivity index (χ4n) is 22.5. The van der Waals surface area contributed by atoms with E-state index >= 15 is 0 Å². The van der Waals surface area contributed by atoms with Crippen molar-refractivity contribution in [2.45, 2.75) is 164 Å². The van der Waals surface area contributed by atoms with E-state index < -0.39 is 0 Å². The summed E-state index contributed by atoms with van der Waals surface area (Å²) in [6.45, 7) is 15.7. The number of nitriles is 2. The van der Waals surface area contributed by atoms with Gasteiger partial charge < -0.3 is 73.1 Å². The lowest BCUT2D eigenvalue weighted by Crippen LogP contribution is -2.45. The summed E-state index contributed by atoms with van der Waals surface area (Å²) >= 11 is 0. The molecule has 10 aromatic carbocycles. The minimum Gasteiger partial charge on any atom is -0.506 e. The summed E-state index contributed by atoms with van der Waals surface area (Å²) in [6, 6.07) is 80.2. The third kappa shape index (κ3) is 19.6. The lowest BCUT2D eigenvalue weighted by Gasteiger charge is -2.39. The molecule has 6 amide bonds. The Morgan fingerprint density at radius 2 is 0.646 bits per heavy atom. The van der Waals surface area contributed by atoms with Gasteiger partial charge in [-0.25, -0.2) is 19.3 Å². The molecule has 28 heteroatoms. The monoisotopic (exact) mass is 1930 g/mol. The van der Waals surface area contributed by atoms with Crippen molar-refractivity contribution in [3.8, 4) is 17.9 Å². The molecule has 6 spiro atoms. The van der Waals surface area contributed by atoms with E-state index in [0.717, 1.165) is 88.3 Å². The zero-order chi connectivity index (χ0) is 99.3. The number of ether oxygens (including phenoxy) is 6. The number of rotatable bonds is 6. The number of pyridine rings is 1. The van der Waals surface area contributed by atoms with Crippen LogP contribution in [0.15, 0.2) is 266 Å². The van der Waals surface area contributed by atoms with E-state index in [9.17, 15) is 38.3 Å². The molecule has 0 radical (unpaired) electrons. The summed E-state index contributed by atoms with van der Waals surface area (Å²) in [7, 11) is 0. The first-order valence-corrected chi connectivity index (χ1v) is 49.5. The normalized spacial score (nSPS) is 18.5. The maximum Gasteiger partial charge on any atom is 0.274 e. The van der Waals surface area contributed by atoms with Crippen LogP contribution in [0.5, 0.6) is 5.75 Å². The number of phenolic OH excluding ortho intramolecular Hbond substituents is 1. The molecule has 6 saturated heterocycles. The van der Waals surface area contributed by atoms with Crippen molar-refractivity contribution in [1.82, 2.24) is 49.3 Å². The standard InChI is InChI=1S/C21H20N2O3.C20H18N2O2.C19H18FNO2.C19H17N3O2.C19H20N2O3.C18H19N3O2/c1-14-22-18-7-6-15(12-19(18)26-14)20(24)23-10-8-21(9-11-23)17-5-3-2-4-16(17)13-25-21;21-13-15-5-7-16(8-6-15)19(23)22-11-9-20(10-12-22)18-4-2-1-3-17(18)14-24-20;20-16-7-5-14(6-8-16)18(22)21-11-9-19(10-12-21)17-4-2-1-3-15(17)13-23-19;20-11-16-6-5-14(12-21-16)18(23)22-9-7-19(8-10-22)17-4-2-1-3-15(17)13-24-19;20-16-6-5-13(11-17(16)22)18(23)21-9-7-19(8-10-21)15-4-2-1-3-14(15)12-24-19;1-13-10-20-16(11-19-13)17(22)21-8-6-18(7-9-21)15-5-3-2-4-14(15)12-23-18/h2-7,12H,8-11,13H2,1H3;1-8H,9-12,14H2;1-8H,9-13H2;1-6,12H,7-10,13H2;1-6,11,22H,7-10,12,20H2;2-5,10-11H,6-9,12H2,1H3. The number of amides is 6. The van der Waals surface area contributed by atoms with Crippen LogP contribution >= 0.6 is 0 Å². The number of oxazole rings is 1. The highest BCUT2D eigenvalue weighted by molar-refractivity contribution is 5.98. The number of aryl methyl sites for hydroxylation is 2. The first kappa shape index (κ1) is 96.5. The number of nitrogen functional groups attached to an aromatic ring is 1. The highest BCUT2D eigenvalue weighted by atomic mass is 19.1. The number of piperidine rings is 6. The molecule has 3 aromatic heterocycles. The van der Waals surface area contributed by atoms with E-state index in [2.05, 4.69) is 135 Å². The van der Waals surface area contributed by atoms with Gasteiger partial charge in [0.25, 0.3) is 35.4 Å². The average Bonchev–Trinajstić information content (AvgIpc) is 1.63. The molecule has 6 fully saturated rings. The predicted octanol–water partition coefficient (Wildman–Crippen LogP) is 18.2. The molecule has 732 valence electrons. The largest absolute Gasteiger partial charge is 0.506 e. The number of nitrogens with zero attached hydrogens (tertiary/aromatic N) is 12. The smallest absolute Gasteiger partial charge is 0.274 e. The topological polar surface area (TPSA) is 336 Å². The van der Waals surface area contributed by atoms with Gasteiger partial charge in [-0.3, -0.25) is 33.8 Å². The molecule has 0 unspecified atom stereocenters. The molecular formula is C116H112FN13O14. The number of benzene rings is 10. The third-order valence-corrected chi connectivity index (χ3v) is 30.7. The Bertz CT molecular complexity index is 6790. The predicted molar refractivity (Wildman–Crippen MR) is 533 cm³/mol. The number of anilines is 1. The number of halogens is 1. The quantitative estimate of drug-likeness (QED) is 0.115. The molecule has 12 aliphatic heterocycles. The maximum absolute atomic E-state index is 13.0. The van der Waals surface area contributed by atoms with Gasteiger partial charge in [-0.1, -0.05) is 146 Å². The van der Waals surface area contributed by atoms with Crippen LogP contribution in [0.3, 0.4) is 0 Å². The van der Waals surface area contributed by atoms with E-state index in [1.54, 1.807) is 79.1 Å². The van der Waals surface area contributed by atoms with Gasteiger partial charge in [0.1, 0.15) is 34.5 Å². The molecule has 15 heterocycles. The van der Waals surface area contributed by atoms with Gasteiger partial charge in [-0.2, -0.15) is 10.5 Å². The average molecular weight is 1930 g/mol. The highest BCUT2D eigenvalue weighted by Crippen LogP contribution is 2.51. The van der Waals surface area contributed by atoms with E-state index in [1.165, 1.54) is 91.2 Å². The molecule has 12 aliphatic rings.